The van der Waals surface area contributed by atoms with E-state index in [0.29, 0.717) is 0 Å². The molecule has 1 saturated heterocycles. The van der Waals surface area contributed by atoms with Gasteiger partial charge >= 0.3 is 6.18 Å². The molecule has 0 aliphatic carbocycles. The molecule has 1 aliphatic heterocycles. The summed E-state index contributed by atoms with van der Waals surface area (Å²) in [6.45, 7) is 0.920. The van der Waals surface area contributed by atoms with Gasteiger partial charge in [-0.15, -0.1) is 0 Å². The van der Waals surface area contributed by atoms with Crippen molar-refractivity contribution in [2.45, 2.75) is 25.1 Å². The van der Waals surface area contributed by atoms with E-state index in [1.165, 1.54) is 0 Å². The Morgan fingerprint density at radius 2 is 2.00 bits per heavy atom. The predicted molar refractivity (Wildman–Crippen MR) is 49.1 cm³/mol. The van der Waals surface area contributed by atoms with E-state index in [1.54, 1.807) is 0 Å². The summed E-state index contributed by atoms with van der Waals surface area (Å²) in [7, 11) is 3.85. The van der Waals surface area contributed by atoms with Crippen molar-refractivity contribution in [2.75, 3.05) is 27.2 Å². The number of hydrogen-bond donors (Lipinski definition) is 1. The summed E-state index contributed by atoms with van der Waals surface area (Å²) < 4.78 is 36.8. The van der Waals surface area contributed by atoms with E-state index in [1.807, 2.05) is 19.0 Å². The van der Waals surface area contributed by atoms with Gasteiger partial charge in [-0.25, -0.2) is 0 Å². The van der Waals surface area contributed by atoms with Crippen LogP contribution >= 0.6 is 0 Å². The van der Waals surface area contributed by atoms with Crippen LogP contribution in [0.15, 0.2) is 0 Å². The molecule has 0 spiro atoms. The summed E-state index contributed by atoms with van der Waals surface area (Å²) >= 11 is 0. The second-order valence-electron chi connectivity index (χ2n) is 4.17. The highest BCUT2D eigenvalue weighted by molar-refractivity contribution is 4.85. The largest absolute Gasteiger partial charge is 0.393 e. The normalized spacial score (nSPS) is 28.7. The van der Waals surface area contributed by atoms with Crippen LogP contribution in [0.2, 0.25) is 0 Å². The van der Waals surface area contributed by atoms with Crippen molar-refractivity contribution in [3.05, 3.63) is 0 Å². The van der Waals surface area contributed by atoms with Crippen LogP contribution in [0, 0.1) is 5.92 Å². The minimum atomic E-state index is -4.03. The average Bonchev–Trinajstić information content (AvgIpc) is 2.47. The number of nitrogens with zero attached hydrogens (tertiary/aromatic N) is 1. The fraction of sp³-hybridized carbons (Fsp3) is 1.00. The van der Waals surface area contributed by atoms with Crippen molar-refractivity contribution in [2.24, 2.45) is 5.92 Å². The summed E-state index contributed by atoms with van der Waals surface area (Å²) in [5, 5.41) is 2.92. The molecule has 1 heterocycles. The number of alkyl halides is 3. The van der Waals surface area contributed by atoms with Crippen LogP contribution < -0.4 is 5.32 Å². The Balaban J connectivity index is 2.27. The van der Waals surface area contributed by atoms with Crippen LogP contribution in [0.5, 0.6) is 0 Å². The first-order chi connectivity index (χ1) is 6.39. The molecule has 2 nitrogen and oxygen atoms in total. The first kappa shape index (κ1) is 11.8. The molecule has 0 aromatic rings. The van der Waals surface area contributed by atoms with Crippen molar-refractivity contribution in [1.29, 1.82) is 0 Å². The third kappa shape index (κ3) is 3.46. The zero-order valence-electron chi connectivity index (χ0n) is 8.56. The molecule has 0 bridgehead atoms. The van der Waals surface area contributed by atoms with Gasteiger partial charge in [-0.3, -0.25) is 0 Å². The summed E-state index contributed by atoms with van der Waals surface area (Å²) in [6.07, 6.45) is -3.00. The molecular weight excluding hydrogens is 193 g/mol. The second-order valence-corrected chi connectivity index (χ2v) is 4.17. The molecule has 0 aromatic heterocycles. The number of halogens is 3. The van der Waals surface area contributed by atoms with Crippen molar-refractivity contribution < 1.29 is 13.2 Å². The maximum Gasteiger partial charge on any atom is 0.393 e. The molecule has 84 valence electrons. The Bertz CT molecular complexity index is 179. The van der Waals surface area contributed by atoms with Gasteiger partial charge in [0.1, 0.15) is 0 Å². The van der Waals surface area contributed by atoms with Gasteiger partial charge in [-0.05, 0) is 33.5 Å². The van der Waals surface area contributed by atoms with E-state index >= 15 is 0 Å². The van der Waals surface area contributed by atoms with Crippen LogP contribution in [0.4, 0.5) is 13.2 Å². The number of nitrogens with one attached hydrogen (secondary N) is 1. The maximum atomic E-state index is 12.3. The fourth-order valence-corrected chi connectivity index (χ4v) is 1.70. The van der Waals surface area contributed by atoms with Crippen LogP contribution in [0.3, 0.4) is 0 Å². The van der Waals surface area contributed by atoms with Crippen molar-refractivity contribution in [3.63, 3.8) is 0 Å². The first-order valence-corrected chi connectivity index (χ1v) is 4.84. The van der Waals surface area contributed by atoms with Gasteiger partial charge in [0.05, 0.1) is 5.92 Å². The Kier molecular flexibility index (Phi) is 3.78. The van der Waals surface area contributed by atoms with Gasteiger partial charge in [0.15, 0.2) is 0 Å². The quantitative estimate of drug-likeness (QED) is 0.759. The molecule has 1 aliphatic rings. The Morgan fingerprint density at radius 3 is 2.43 bits per heavy atom. The van der Waals surface area contributed by atoms with E-state index in [-0.39, 0.29) is 19.0 Å². The number of hydrogen-bond acceptors (Lipinski definition) is 2. The van der Waals surface area contributed by atoms with E-state index in [0.717, 1.165) is 13.0 Å². The van der Waals surface area contributed by atoms with Gasteiger partial charge < -0.3 is 10.2 Å². The third-order valence-corrected chi connectivity index (χ3v) is 2.61. The lowest BCUT2D eigenvalue weighted by Crippen LogP contribution is -2.26. The molecule has 2 atom stereocenters. The van der Waals surface area contributed by atoms with E-state index in [4.69, 9.17) is 0 Å². The SMILES string of the molecule is CN(C)CCC1CC(C(F)(F)F)CN1. The monoisotopic (exact) mass is 210 g/mol. The highest BCUT2D eigenvalue weighted by atomic mass is 19.4. The van der Waals surface area contributed by atoms with Crippen molar-refractivity contribution in [1.82, 2.24) is 10.2 Å². The van der Waals surface area contributed by atoms with E-state index in [9.17, 15) is 13.2 Å². The molecule has 0 aromatic carbocycles. The molecule has 14 heavy (non-hydrogen) atoms. The zero-order valence-corrected chi connectivity index (χ0v) is 8.56. The highest BCUT2D eigenvalue weighted by Crippen LogP contribution is 2.33. The molecule has 0 radical (unpaired) electrons. The molecule has 0 amide bonds. The molecule has 5 heteroatoms. The van der Waals surface area contributed by atoms with Gasteiger partial charge in [0.25, 0.3) is 0 Å². The topological polar surface area (TPSA) is 15.3 Å². The Labute approximate surface area is 82.5 Å². The predicted octanol–water partition coefficient (Wildman–Crippen LogP) is 1.48. The Hall–Kier alpha value is -0.290. The summed E-state index contributed by atoms with van der Waals surface area (Å²) in [4.78, 5) is 1.99. The number of rotatable bonds is 3. The van der Waals surface area contributed by atoms with Gasteiger partial charge in [0.2, 0.25) is 0 Å². The minimum Gasteiger partial charge on any atom is -0.313 e. The third-order valence-electron chi connectivity index (χ3n) is 2.61. The molecule has 1 N–H and O–H groups in total. The lowest BCUT2D eigenvalue weighted by atomic mass is 10.0. The average molecular weight is 210 g/mol. The van der Waals surface area contributed by atoms with E-state index in [2.05, 4.69) is 5.32 Å². The standard InChI is InChI=1S/C9H17F3N2/c1-14(2)4-3-8-5-7(6-13-8)9(10,11)12/h7-8,13H,3-6H2,1-2H3. The summed E-state index contributed by atoms with van der Waals surface area (Å²) in [5.74, 6) is -1.14. The molecule has 1 rings (SSSR count). The Morgan fingerprint density at radius 1 is 1.36 bits per heavy atom. The van der Waals surface area contributed by atoms with Gasteiger partial charge in [0, 0.05) is 12.6 Å². The van der Waals surface area contributed by atoms with Gasteiger partial charge in [-0.2, -0.15) is 13.2 Å². The second kappa shape index (κ2) is 4.49. The van der Waals surface area contributed by atoms with Crippen LogP contribution in [0.1, 0.15) is 12.8 Å². The van der Waals surface area contributed by atoms with E-state index < -0.39 is 12.1 Å². The lowest BCUT2D eigenvalue weighted by molar-refractivity contribution is -0.169. The first-order valence-electron chi connectivity index (χ1n) is 4.84. The molecule has 0 saturated carbocycles. The van der Waals surface area contributed by atoms with Crippen LogP contribution in [-0.2, 0) is 0 Å². The van der Waals surface area contributed by atoms with Crippen LogP contribution in [0.25, 0.3) is 0 Å². The summed E-state index contributed by atoms with van der Waals surface area (Å²) in [5.41, 5.74) is 0. The molecule has 1 fully saturated rings. The van der Waals surface area contributed by atoms with Crippen molar-refractivity contribution in [3.8, 4) is 0 Å². The van der Waals surface area contributed by atoms with Gasteiger partial charge in [-0.1, -0.05) is 0 Å². The lowest BCUT2D eigenvalue weighted by Gasteiger charge is -2.15. The summed E-state index contributed by atoms with van der Waals surface area (Å²) in [6, 6.07) is 0.0315. The minimum absolute atomic E-state index is 0.0315. The maximum absolute atomic E-state index is 12.3. The molecular formula is C9H17F3N2. The van der Waals surface area contributed by atoms with Crippen molar-refractivity contribution >= 4 is 0 Å². The highest BCUT2D eigenvalue weighted by Gasteiger charge is 2.43. The zero-order chi connectivity index (χ0) is 10.8. The fourth-order valence-electron chi connectivity index (χ4n) is 1.70. The van der Waals surface area contributed by atoms with Crippen LogP contribution in [-0.4, -0.2) is 44.3 Å². The molecule has 2 unspecified atom stereocenters. The smallest absolute Gasteiger partial charge is 0.313 e.